The Morgan fingerprint density at radius 1 is 1.21 bits per heavy atom. The number of hydrogen-bond donors (Lipinski definition) is 2. The topological polar surface area (TPSA) is 63.2 Å². The highest BCUT2D eigenvalue weighted by Gasteiger charge is 2.17. The molecule has 1 amide bonds. The Labute approximate surface area is 177 Å². The van der Waals surface area contributed by atoms with Gasteiger partial charge < -0.3 is 15.4 Å². The number of hydrogen-bond acceptors (Lipinski definition) is 4. The predicted octanol–water partition coefficient (Wildman–Crippen LogP) is 4.89. The second-order valence-corrected chi connectivity index (χ2v) is 8.36. The van der Waals surface area contributed by atoms with E-state index in [0.717, 1.165) is 76.8 Å². The van der Waals surface area contributed by atoms with Crippen molar-refractivity contribution >= 4 is 11.7 Å². The molecule has 29 heavy (non-hydrogen) atoms. The van der Waals surface area contributed by atoms with E-state index in [1.807, 2.05) is 0 Å². The lowest BCUT2D eigenvalue weighted by Crippen LogP contribution is -2.37. The van der Waals surface area contributed by atoms with E-state index >= 15 is 0 Å². The maximum Gasteiger partial charge on any atom is 0.223 e. The maximum absolute atomic E-state index is 12.3. The summed E-state index contributed by atoms with van der Waals surface area (Å²) in [7, 11) is 0. The summed E-state index contributed by atoms with van der Waals surface area (Å²) in [4.78, 5) is 17.1. The fourth-order valence-corrected chi connectivity index (χ4v) is 3.78. The number of nitrogens with zero attached hydrogens (tertiary/aromatic N) is 1. The Morgan fingerprint density at radius 2 is 2.07 bits per heavy atom. The predicted molar refractivity (Wildman–Crippen MR) is 120 cm³/mol. The summed E-state index contributed by atoms with van der Waals surface area (Å²) in [5.41, 5.74) is 2.52. The van der Waals surface area contributed by atoms with Crippen molar-refractivity contribution < 1.29 is 9.53 Å². The third kappa shape index (κ3) is 8.73. The average molecular weight is 404 g/mol. The summed E-state index contributed by atoms with van der Waals surface area (Å²) in [5.74, 6) is 1.45. The van der Waals surface area contributed by atoms with Crippen LogP contribution in [-0.2, 0) is 22.4 Å². The molecular weight excluding hydrogens is 362 g/mol. The van der Waals surface area contributed by atoms with Crippen molar-refractivity contribution in [1.82, 2.24) is 10.3 Å². The van der Waals surface area contributed by atoms with Crippen LogP contribution < -0.4 is 10.6 Å². The normalized spacial score (nSPS) is 15.3. The first kappa shape index (κ1) is 23.7. The van der Waals surface area contributed by atoms with Gasteiger partial charge in [-0.25, -0.2) is 4.98 Å². The molecular formula is C24H41N3O2. The highest BCUT2D eigenvalue weighted by Crippen LogP contribution is 2.20. The van der Waals surface area contributed by atoms with Gasteiger partial charge in [0.15, 0.2) is 0 Å². The molecule has 2 unspecified atom stereocenters. The van der Waals surface area contributed by atoms with Crippen molar-refractivity contribution in [2.75, 3.05) is 25.1 Å². The molecule has 1 aromatic heterocycles. The van der Waals surface area contributed by atoms with Crippen LogP contribution in [-0.4, -0.2) is 36.7 Å². The fourth-order valence-electron chi connectivity index (χ4n) is 3.78. The van der Waals surface area contributed by atoms with Gasteiger partial charge >= 0.3 is 0 Å². The molecule has 0 saturated carbocycles. The van der Waals surface area contributed by atoms with Crippen molar-refractivity contribution in [1.29, 1.82) is 0 Å². The number of aryl methyl sites for hydroxylation is 2. The third-order valence-corrected chi connectivity index (χ3v) is 5.78. The van der Waals surface area contributed by atoms with E-state index < -0.39 is 0 Å². The monoisotopic (exact) mass is 403 g/mol. The van der Waals surface area contributed by atoms with E-state index in [9.17, 15) is 4.79 Å². The van der Waals surface area contributed by atoms with Gasteiger partial charge in [0.2, 0.25) is 5.91 Å². The number of fused-ring (bicyclic) bond motifs is 1. The smallest absolute Gasteiger partial charge is 0.223 e. The zero-order chi connectivity index (χ0) is 20.9. The number of amides is 1. The van der Waals surface area contributed by atoms with E-state index in [4.69, 9.17) is 9.72 Å². The first-order chi connectivity index (χ1) is 14.1. The molecule has 5 nitrogen and oxygen atoms in total. The van der Waals surface area contributed by atoms with Gasteiger partial charge in [-0.05, 0) is 69.9 Å². The number of unbranched alkanes of at least 4 members (excludes halogenated alkanes) is 2. The second-order valence-electron chi connectivity index (χ2n) is 8.36. The van der Waals surface area contributed by atoms with E-state index in [1.165, 1.54) is 17.7 Å². The lowest BCUT2D eigenvalue weighted by atomic mass is 9.98. The molecule has 1 aliphatic heterocycles. The zero-order valence-electron chi connectivity index (χ0n) is 18.8. The summed E-state index contributed by atoms with van der Waals surface area (Å²) in [6.07, 6.45) is 10.5. The number of aromatic nitrogens is 1. The van der Waals surface area contributed by atoms with Crippen molar-refractivity contribution in [3.05, 3.63) is 23.4 Å². The molecule has 0 saturated heterocycles. The summed E-state index contributed by atoms with van der Waals surface area (Å²) in [6, 6.07) is 4.56. The van der Waals surface area contributed by atoms with Gasteiger partial charge in [-0.15, -0.1) is 0 Å². The van der Waals surface area contributed by atoms with Gasteiger partial charge in [0.05, 0.1) is 0 Å². The summed E-state index contributed by atoms with van der Waals surface area (Å²) < 4.78 is 5.78. The van der Waals surface area contributed by atoms with Gasteiger partial charge in [-0.1, -0.05) is 32.8 Å². The maximum atomic E-state index is 12.3. The molecule has 2 N–H and O–H groups in total. The van der Waals surface area contributed by atoms with Crippen LogP contribution >= 0.6 is 0 Å². The van der Waals surface area contributed by atoms with Crippen LogP contribution in [0.5, 0.6) is 0 Å². The fraction of sp³-hybridized carbons (Fsp3) is 0.750. The van der Waals surface area contributed by atoms with E-state index in [-0.39, 0.29) is 17.9 Å². The standard InChI is InChI=1S/C24H41N3O2/c1-4-6-10-20(5-2)24(28)26-19(3)15-18-29-17-8-7-12-22-14-13-21-11-9-16-25-23(21)27-22/h13-14,19-20H,4-12,15-18H2,1-3H3,(H,25,27)(H,26,28). The molecule has 2 rings (SSSR count). The Bertz CT molecular complexity index is 606. The molecule has 5 heteroatoms. The molecule has 2 heterocycles. The van der Waals surface area contributed by atoms with Gasteiger partial charge in [0, 0.05) is 37.4 Å². The summed E-state index contributed by atoms with van der Waals surface area (Å²) >= 11 is 0. The Kier molecular flexibility index (Phi) is 11.1. The highest BCUT2D eigenvalue weighted by molar-refractivity contribution is 5.78. The molecule has 1 aliphatic rings. The van der Waals surface area contributed by atoms with E-state index in [0.29, 0.717) is 6.61 Å². The van der Waals surface area contributed by atoms with Gasteiger partial charge in [0.25, 0.3) is 0 Å². The number of ether oxygens (including phenoxy) is 1. The molecule has 2 atom stereocenters. The summed E-state index contributed by atoms with van der Waals surface area (Å²) in [6.45, 7) is 8.86. The lowest BCUT2D eigenvalue weighted by Gasteiger charge is -2.19. The number of carbonyl (C=O) groups excluding carboxylic acids is 1. The quantitative estimate of drug-likeness (QED) is 0.434. The van der Waals surface area contributed by atoms with E-state index in [2.05, 4.69) is 43.5 Å². The number of pyridine rings is 1. The number of anilines is 1. The minimum absolute atomic E-state index is 0.158. The third-order valence-electron chi connectivity index (χ3n) is 5.78. The largest absolute Gasteiger partial charge is 0.381 e. The highest BCUT2D eigenvalue weighted by atomic mass is 16.5. The van der Waals surface area contributed by atoms with Crippen LogP contribution in [0.4, 0.5) is 5.82 Å². The van der Waals surface area contributed by atoms with Gasteiger partial charge in [-0.2, -0.15) is 0 Å². The summed E-state index contributed by atoms with van der Waals surface area (Å²) in [5, 5.41) is 6.56. The molecule has 0 radical (unpaired) electrons. The van der Waals surface area contributed by atoms with Gasteiger partial charge in [-0.3, -0.25) is 4.79 Å². The van der Waals surface area contributed by atoms with Crippen LogP contribution in [0.2, 0.25) is 0 Å². The Hall–Kier alpha value is -1.62. The number of rotatable bonds is 14. The lowest BCUT2D eigenvalue weighted by molar-refractivity contribution is -0.126. The van der Waals surface area contributed by atoms with Gasteiger partial charge in [0.1, 0.15) is 5.82 Å². The Balaban J connectivity index is 1.52. The molecule has 0 spiro atoms. The number of carbonyl (C=O) groups is 1. The van der Waals surface area contributed by atoms with Crippen LogP contribution in [0.1, 0.15) is 83.4 Å². The molecule has 0 aromatic carbocycles. The van der Waals surface area contributed by atoms with Crippen molar-refractivity contribution in [3.8, 4) is 0 Å². The zero-order valence-corrected chi connectivity index (χ0v) is 18.8. The minimum Gasteiger partial charge on any atom is -0.381 e. The van der Waals surface area contributed by atoms with E-state index in [1.54, 1.807) is 0 Å². The molecule has 1 aromatic rings. The minimum atomic E-state index is 0.158. The van der Waals surface area contributed by atoms with Crippen LogP contribution in [0, 0.1) is 5.92 Å². The van der Waals surface area contributed by atoms with Crippen LogP contribution in [0.25, 0.3) is 0 Å². The second kappa shape index (κ2) is 13.6. The first-order valence-electron chi connectivity index (χ1n) is 11.7. The molecule has 0 aliphatic carbocycles. The first-order valence-corrected chi connectivity index (χ1v) is 11.7. The van der Waals surface area contributed by atoms with Crippen molar-refractivity contribution in [3.63, 3.8) is 0 Å². The Morgan fingerprint density at radius 3 is 2.86 bits per heavy atom. The molecule has 0 fully saturated rings. The van der Waals surface area contributed by atoms with Crippen LogP contribution in [0.3, 0.4) is 0 Å². The van der Waals surface area contributed by atoms with Crippen molar-refractivity contribution in [2.45, 2.75) is 91.0 Å². The molecule has 0 bridgehead atoms. The molecule has 164 valence electrons. The number of nitrogens with one attached hydrogen (secondary N) is 2. The van der Waals surface area contributed by atoms with Crippen molar-refractivity contribution in [2.24, 2.45) is 5.92 Å². The SMILES string of the molecule is CCCCC(CC)C(=O)NC(C)CCOCCCCc1ccc2c(n1)NCCC2. The van der Waals surface area contributed by atoms with Crippen LogP contribution in [0.15, 0.2) is 12.1 Å². The average Bonchev–Trinajstić information content (AvgIpc) is 2.73.